The van der Waals surface area contributed by atoms with E-state index in [9.17, 15) is 9.90 Å². The van der Waals surface area contributed by atoms with Crippen LogP contribution in [0.25, 0.3) is 0 Å². The van der Waals surface area contributed by atoms with Crippen LogP contribution in [0.1, 0.15) is 19.8 Å². The fraction of sp³-hybridized carbons (Fsp3) is 0.417. The van der Waals surface area contributed by atoms with E-state index in [1.54, 1.807) is 12.1 Å². The van der Waals surface area contributed by atoms with Gasteiger partial charge in [0.15, 0.2) is 0 Å². The molecule has 17 heavy (non-hydrogen) atoms. The molecule has 0 aliphatic rings. The summed E-state index contributed by atoms with van der Waals surface area (Å²) in [7, 11) is 1.51. The van der Waals surface area contributed by atoms with E-state index < -0.39 is 0 Å². The average Bonchev–Trinajstić information content (AvgIpc) is 2.31. The lowest BCUT2D eigenvalue weighted by Gasteiger charge is -2.11. The second kappa shape index (κ2) is 6.10. The smallest absolute Gasteiger partial charge is 0.226 e. The van der Waals surface area contributed by atoms with Gasteiger partial charge >= 0.3 is 0 Å². The van der Waals surface area contributed by atoms with Gasteiger partial charge in [-0.2, -0.15) is 0 Å². The molecule has 0 aromatic heterocycles. The molecule has 0 spiro atoms. The first-order valence-electron chi connectivity index (χ1n) is 5.49. The van der Waals surface area contributed by atoms with Crippen molar-refractivity contribution in [1.82, 2.24) is 0 Å². The van der Waals surface area contributed by atoms with E-state index in [-0.39, 0.29) is 24.1 Å². The van der Waals surface area contributed by atoms with Crippen LogP contribution in [0.2, 0.25) is 0 Å². The van der Waals surface area contributed by atoms with Crippen LogP contribution in [0.4, 0.5) is 5.69 Å². The maximum Gasteiger partial charge on any atom is 0.226 e. The van der Waals surface area contributed by atoms with Gasteiger partial charge in [-0.15, -0.1) is 0 Å². The zero-order chi connectivity index (χ0) is 12.8. The molecule has 1 amide bonds. The average molecular weight is 238 g/mol. The molecule has 0 saturated heterocycles. The third-order valence-electron chi connectivity index (χ3n) is 2.45. The summed E-state index contributed by atoms with van der Waals surface area (Å²) in [6.45, 7) is 1.92. The van der Waals surface area contributed by atoms with E-state index in [2.05, 4.69) is 5.32 Å². The van der Waals surface area contributed by atoms with Crippen LogP contribution in [0.5, 0.6) is 11.5 Å². The van der Waals surface area contributed by atoms with Crippen molar-refractivity contribution in [3.05, 3.63) is 18.2 Å². The molecule has 1 aromatic rings. The number of benzene rings is 1. The molecular weight excluding hydrogens is 220 g/mol. The third-order valence-corrected chi connectivity index (χ3v) is 2.45. The molecule has 0 saturated carbocycles. The van der Waals surface area contributed by atoms with E-state index in [1.807, 2.05) is 6.92 Å². The van der Waals surface area contributed by atoms with E-state index in [4.69, 9.17) is 10.5 Å². The molecule has 1 atom stereocenters. The summed E-state index contributed by atoms with van der Waals surface area (Å²) in [4.78, 5) is 11.6. The lowest BCUT2D eigenvalue weighted by molar-refractivity contribution is -0.116. The first-order chi connectivity index (χ1) is 8.06. The van der Waals surface area contributed by atoms with Gasteiger partial charge in [-0.1, -0.05) is 6.92 Å². The summed E-state index contributed by atoms with van der Waals surface area (Å²) in [5.41, 5.74) is 6.03. The topological polar surface area (TPSA) is 84.6 Å². The fourth-order valence-electron chi connectivity index (χ4n) is 1.33. The Labute approximate surface area is 101 Å². The van der Waals surface area contributed by atoms with Crippen molar-refractivity contribution in [2.45, 2.75) is 25.8 Å². The van der Waals surface area contributed by atoms with Crippen molar-refractivity contribution >= 4 is 11.6 Å². The normalized spacial score (nSPS) is 11.9. The number of nitrogens with one attached hydrogen (secondary N) is 1. The Morgan fingerprint density at radius 3 is 2.82 bits per heavy atom. The van der Waals surface area contributed by atoms with E-state index in [1.165, 1.54) is 13.2 Å². The highest BCUT2D eigenvalue weighted by Crippen LogP contribution is 2.27. The number of phenolic OH excluding ortho intramolecular Hbond substituents is 1. The number of amides is 1. The Hall–Kier alpha value is -1.75. The van der Waals surface area contributed by atoms with Gasteiger partial charge in [0.05, 0.1) is 12.8 Å². The van der Waals surface area contributed by atoms with Crippen LogP contribution in [0, 0.1) is 0 Å². The predicted octanol–water partition coefficient (Wildman–Crippen LogP) is 1.47. The van der Waals surface area contributed by atoms with Crippen LogP contribution in [-0.2, 0) is 4.79 Å². The number of rotatable bonds is 5. The Balaban J connectivity index is 2.65. The van der Waals surface area contributed by atoms with Gasteiger partial charge in [0.2, 0.25) is 5.91 Å². The van der Waals surface area contributed by atoms with Crippen molar-refractivity contribution in [1.29, 1.82) is 0 Å². The summed E-state index contributed by atoms with van der Waals surface area (Å²) < 4.78 is 4.94. The quantitative estimate of drug-likeness (QED) is 0.678. The maximum absolute atomic E-state index is 11.6. The van der Waals surface area contributed by atoms with Gasteiger partial charge < -0.3 is 20.9 Å². The number of aromatic hydroxyl groups is 1. The molecule has 1 aromatic carbocycles. The van der Waals surface area contributed by atoms with Crippen molar-refractivity contribution < 1.29 is 14.6 Å². The number of hydrogen-bond acceptors (Lipinski definition) is 4. The summed E-state index contributed by atoms with van der Waals surface area (Å²) >= 11 is 0. The first kappa shape index (κ1) is 13.3. The minimum atomic E-state index is -0.209. The Morgan fingerprint density at radius 2 is 2.29 bits per heavy atom. The summed E-state index contributed by atoms with van der Waals surface area (Å²) in [5.74, 6) is 0.299. The lowest BCUT2D eigenvalue weighted by Crippen LogP contribution is -2.26. The van der Waals surface area contributed by atoms with Crippen LogP contribution in [0.3, 0.4) is 0 Å². The Bertz CT molecular complexity index is 393. The molecule has 0 radical (unpaired) electrons. The van der Waals surface area contributed by atoms with Gasteiger partial charge in [0.1, 0.15) is 11.5 Å². The molecule has 5 heteroatoms. The Kier molecular flexibility index (Phi) is 4.78. The SMILES string of the molecule is CCC(N)CC(=O)Nc1ccc(OC)cc1O. The van der Waals surface area contributed by atoms with Crippen molar-refractivity contribution in [3.8, 4) is 11.5 Å². The molecular formula is C12H18N2O3. The summed E-state index contributed by atoms with van der Waals surface area (Å²) in [6, 6.07) is 4.53. The zero-order valence-electron chi connectivity index (χ0n) is 10.1. The molecule has 1 unspecified atom stereocenters. The van der Waals surface area contributed by atoms with Crippen molar-refractivity contribution in [2.24, 2.45) is 5.73 Å². The molecule has 0 fully saturated rings. The van der Waals surface area contributed by atoms with Crippen LogP contribution >= 0.6 is 0 Å². The number of carbonyl (C=O) groups is 1. The number of ether oxygens (including phenoxy) is 1. The van der Waals surface area contributed by atoms with Gasteiger partial charge in [0.25, 0.3) is 0 Å². The number of carbonyl (C=O) groups excluding carboxylic acids is 1. The second-order valence-corrected chi connectivity index (χ2v) is 3.80. The summed E-state index contributed by atoms with van der Waals surface area (Å²) in [5, 5.41) is 12.2. The molecule has 94 valence electrons. The van der Waals surface area contributed by atoms with Crippen LogP contribution in [0.15, 0.2) is 18.2 Å². The molecule has 0 bridgehead atoms. The number of anilines is 1. The van der Waals surface area contributed by atoms with E-state index >= 15 is 0 Å². The maximum atomic E-state index is 11.6. The number of phenols is 1. The fourth-order valence-corrected chi connectivity index (χ4v) is 1.33. The molecule has 4 N–H and O–H groups in total. The number of hydrogen-bond donors (Lipinski definition) is 3. The predicted molar refractivity (Wildman–Crippen MR) is 66.2 cm³/mol. The zero-order valence-corrected chi connectivity index (χ0v) is 10.1. The molecule has 0 aliphatic heterocycles. The van der Waals surface area contributed by atoms with Gasteiger partial charge in [-0.3, -0.25) is 4.79 Å². The van der Waals surface area contributed by atoms with Crippen LogP contribution < -0.4 is 15.8 Å². The number of nitrogens with two attached hydrogens (primary N) is 1. The highest BCUT2D eigenvalue weighted by atomic mass is 16.5. The minimum absolute atomic E-state index is 0.0252. The van der Waals surface area contributed by atoms with E-state index in [0.29, 0.717) is 11.4 Å². The standard InChI is InChI=1S/C12H18N2O3/c1-3-8(13)6-12(16)14-10-5-4-9(17-2)7-11(10)15/h4-5,7-8,15H,3,6,13H2,1-2H3,(H,14,16). The largest absolute Gasteiger partial charge is 0.506 e. The third kappa shape index (κ3) is 3.96. The molecule has 0 aliphatic carbocycles. The monoisotopic (exact) mass is 238 g/mol. The van der Waals surface area contributed by atoms with Gasteiger partial charge in [-0.05, 0) is 18.6 Å². The van der Waals surface area contributed by atoms with Gasteiger partial charge in [0, 0.05) is 18.5 Å². The second-order valence-electron chi connectivity index (χ2n) is 3.80. The lowest BCUT2D eigenvalue weighted by atomic mass is 10.1. The summed E-state index contributed by atoms with van der Waals surface area (Å²) in [6.07, 6.45) is 0.976. The van der Waals surface area contributed by atoms with E-state index in [0.717, 1.165) is 6.42 Å². The Morgan fingerprint density at radius 1 is 1.59 bits per heavy atom. The first-order valence-corrected chi connectivity index (χ1v) is 5.49. The molecule has 0 heterocycles. The molecule has 1 rings (SSSR count). The molecule has 5 nitrogen and oxygen atoms in total. The van der Waals surface area contributed by atoms with Crippen LogP contribution in [-0.4, -0.2) is 24.2 Å². The highest BCUT2D eigenvalue weighted by Gasteiger charge is 2.10. The highest BCUT2D eigenvalue weighted by molar-refractivity contribution is 5.92. The van der Waals surface area contributed by atoms with Crippen molar-refractivity contribution in [2.75, 3.05) is 12.4 Å². The number of methoxy groups -OCH3 is 1. The van der Waals surface area contributed by atoms with Gasteiger partial charge in [-0.25, -0.2) is 0 Å². The van der Waals surface area contributed by atoms with Crippen molar-refractivity contribution in [3.63, 3.8) is 0 Å². The minimum Gasteiger partial charge on any atom is -0.506 e.